The Bertz CT molecular complexity index is 377. The van der Waals surface area contributed by atoms with Crippen LogP contribution in [-0.2, 0) is 0 Å². The third-order valence-corrected chi connectivity index (χ3v) is 3.04. The fourth-order valence-corrected chi connectivity index (χ4v) is 1.77. The van der Waals surface area contributed by atoms with E-state index in [2.05, 4.69) is 27.3 Å². The number of hydrogen-bond donors (Lipinski definition) is 1. The van der Waals surface area contributed by atoms with Gasteiger partial charge in [-0.25, -0.2) is 0 Å². The molecule has 0 heterocycles. The highest BCUT2D eigenvalue weighted by molar-refractivity contribution is 9.10. The molecule has 1 N–H and O–H groups in total. The molecule has 1 aromatic rings. The molecule has 1 aromatic carbocycles. The summed E-state index contributed by atoms with van der Waals surface area (Å²) in [4.78, 5) is 0. The van der Waals surface area contributed by atoms with E-state index in [0.29, 0.717) is 5.56 Å². The van der Waals surface area contributed by atoms with Gasteiger partial charge in [0.05, 0.1) is 5.56 Å². The maximum atomic E-state index is 8.74. The predicted octanol–water partition coefficient (Wildman–Crippen LogP) is 3.14. The maximum absolute atomic E-state index is 8.74. The molecule has 14 heavy (non-hydrogen) atoms. The van der Waals surface area contributed by atoms with Gasteiger partial charge in [-0.1, -0.05) is 0 Å². The number of nitrogens with one attached hydrogen (secondary N) is 1. The highest BCUT2D eigenvalue weighted by Crippen LogP contribution is 2.29. The molecular weight excluding hydrogens is 240 g/mol. The number of nitrogens with zero attached hydrogens (tertiary/aromatic N) is 1. The van der Waals surface area contributed by atoms with Crippen molar-refractivity contribution in [3.8, 4) is 6.07 Å². The van der Waals surface area contributed by atoms with Gasteiger partial charge in [0.2, 0.25) is 0 Å². The van der Waals surface area contributed by atoms with Crippen LogP contribution in [0.1, 0.15) is 18.4 Å². The van der Waals surface area contributed by atoms with E-state index in [0.717, 1.165) is 22.6 Å². The fraction of sp³-hybridized carbons (Fsp3) is 0.364. The zero-order valence-electron chi connectivity index (χ0n) is 7.76. The first-order valence-corrected chi connectivity index (χ1v) is 5.52. The van der Waals surface area contributed by atoms with Crippen molar-refractivity contribution in [1.29, 1.82) is 5.26 Å². The van der Waals surface area contributed by atoms with Gasteiger partial charge in [0.15, 0.2) is 0 Å². The quantitative estimate of drug-likeness (QED) is 0.895. The van der Waals surface area contributed by atoms with E-state index in [1.807, 2.05) is 18.2 Å². The summed E-state index contributed by atoms with van der Waals surface area (Å²) in [5, 5.41) is 12.1. The molecule has 0 saturated heterocycles. The van der Waals surface area contributed by atoms with Crippen LogP contribution in [0.5, 0.6) is 0 Å². The van der Waals surface area contributed by atoms with Gasteiger partial charge in [0.1, 0.15) is 6.07 Å². The zero-order valence-corrected chi connectivity index (χ0v) is 9.34. The average Bonchev–Trinajstić information content (AvgIpc) is 2.98. The van der Waals surface area contributed by atoms with Crippen LogP contribution in [0.15, 0.2) is 22.7 Å². The second kappa shape index (κ2) is 4.02. The number of rotatable bonds is 3. The molecule has 0 amide bonds. The first-order chi connectivity index (χ1) is 6.79. The van der Waals surface area contributed by atoms with Gasteiger partial charge in [-0.3, -0.25) is 0 Å². The first kappa shape index (κ1) is 9.54. The van der Waals surface area contributed by atoms with Crippen LogP contribution in [0.4, 0.5) is 5.69 Å². The van der Waals surface area contributed by atoms with Crippen LogP contribution in [0.3, 0.4) is 0 Å². The van der Waals surface area contributed by atoms with Gasteiger partial charge in [0.25, 0.3) is 0 Å². The van der Waals surface area contributed by atoms with Gasteiger partial charge in [-0.15, -0.1) is 0 Å². The minimum Gasteiger partial charge on any atom is -0.385 e. The fourth-order valence-electron chi connectivity index (χ4n) is 1.30. The first-order valence-electron chi connectivity index (χ1n) is 4.73. The van der Waals surface area contributed by atoms with Gasteiger partial charge in [-0.2, -0.15) is 5.26 Å². The Balaban J connectivity index is 2.03. The topological polar surface area (TPSA) is 35.8 Å². The molecule has 1 saturated carbocycles. The summed E-state index contributed by atoms with van der Waals surface area (Å²) >= 11 is 3.37. The lowest BCUT2D eigenvalue weighted by atomic mass is 10.2. The monoisotopic (exact) mass is 250 g/mol. The number of nitriles is 1. The Labute approximate surface area is 92.1 Å². The molecule has 1 aliphatic carbocycles. The second-order valence-corrected chi connectivity index (χ2v) is 4.49. The Morgan fingerprint density at radius 3 is 2.86 bits per heavy atom. The van der Waals surface area contributed by atoms with E-state index >= 15 is 0 Å². The molecule has 0 aromatic heterocycles. The maximum Gasteiger partial charge on any atom is 0.100 e. The van der Waals surface area contributed by atoms with Gasteiger partial charge in [0, 0.05) is 16.7 Å². The SMILES string of the molecule is N#Cc1ccc(NCC2CC2)cc1Br. The summed E-state index contributed by atoms with van der Waals surface area (Å²) in [6.45, 7) is 1.05. The van der Waals surface area contributed by atoms with E-state index in [1.54, 1.807) is 0 Å². The van der Waals surface area contributed by atoms with Crippen LogP contribution in [0, 0.1) is 17.2 Å². The largest absolute Gasteiger partial charge is 0.385 e. The lowest BCUT2D eigenvalue weighted by Crippen LogP contribution is -2.02. The summed E-state index contributed by atoms with van der Waals surface area (Å²) in [7, 11) is 0. The zero-order chi connectivity index (χ0) is 9.97. The third kappa shape index (κ3) is 2.27. The number of hydrogen-bond acceptors (Lipinski definition) is 2. The minimum atomic E-state index is 0.682. The van der Waals surface area contributed by atoms with Crippen LogP contribution >= 0.6 is 15.9 Å². The summed E-state index contributed by atoms with van der Waals surface area (Å²) < 4.78 is 0.862. The number of benzene rings is 1. The van der Waals surface area contributed by atoms with Crippen LogP contribution in [0.25, 0.3) is 0 Å². The second-order valence-electron chi connectivity index (χ2n) is 3.63. The molecule has 0 spiro atoms. The molecule has 72 valence electrons. The van der Waals surface area contributed by atoms with Crippen molar-refractivity contribution in [2.24, 2.45) is 5.92 Å². The van der Waals surface area contributed by atoms with Crippen molar-refractivity contribution in [3.63, 3.8) is 0 Å². The van der Waals surface area contributed by atoms with Gasteiger partial charge >= 0.3 is 0 Å². The third-order valence-electron chi connectivity index (χ3n) is 2.38. The molecule has 2 rings (SSSR count). The number of halogens is 1. The van der Waals surface area contributed by atoms with E-state index < -0.39 is 0 Å². The van der Waals surface area contributed by atoms with Crippen molar-refractivity contribution in [2.45, 2.75) is 12.8 Å². The molecule has 1 aliphatic rings. The molecular formula is C11H11BrN2. The Kier molecular flexibility index (Phi) is 2.74. The molecule has 0 unspecified atom stereocenters. The molecule has 0 radical (unpaired) electrons. The lowest BCUT2D eigenvalue weighted by Gasteiger charge is -2.05. The van der Waals surface area contributed by atoms with Crippen molar-refractivity contribution in [1.82, 2.24) is 0 Å². The van der Waals surface area contributed by atoms with Gasteiger partial charge < -0.3 is 5.32 Å². The van der Waals surface area contributed by atoms with E-state index in [9.17, 15) is 0 Å². The molecule has 3 heteroatoms. The van der Waals surface area contributed by atoms with Gasteiger partial charge in [-0.05, 0) is 52.9 Å². The highest BCUT2D eigenvalue weighted by Gasteiger charge is 2.20. The summed E-state index contributed by atoms with van der Waals surface area (Å²) in [6, 6.07) is 7.87. The van der Waals surface area contributed by atoms with Crippen LogP contribution in [0.2, 0.25) is 0 Å². The Morgan fingerprint density at radius 2 is 2.29 bits per heavy atom. The highest BCUT2D eigenvalue weighted by atomic mass is 79.9. The smallest absolute Gasteiger partial charge is 0.100 e. The number of anilines is 1. The molecule has 0 bridgehead atoms. The minimum absolute atomic E-state index is 0.682. The Morgan fingerprint density at radius 1 is 1.50 bits per heavy atom. The molecule has 0 atom stereocenters. The lowest BCUT2D eigenvalue weighted by molar-refractivity contribution is 0.889. The Hall–Kier alpha value is -1.01. The van der Waals surface area contributed by atoms with Crippen molar-refractivity contribution >= 4 is 21.6 Å². The average molecular weight is 251 g/mol. The van der Waals surface area contributed by atoms with Crippen molar-refractivity contribution in [2.75, 3.05) is 11.9 Å². The molecule has 1 fully saturated rings. The van der Waals surface area contributed by atoms with E-state index in [1.165, 1.54) is 12.8 Å². The van der Waals surface area contributed by atoms with Crippen molar-refractivity contribution in [3.05, 3.63) is 28.2 Å². The van der Waals surface area contributed by atoms with Crippen molar-refractivity contribution < 1.29 is 0 Å². The summed E-state index contributed by atoms with van der Waals surface area (Å²) in [6.07, 6.45) is 2.70. The molecule has 2 nitrogen and oxygen atoms in total. The summed E-state index contributed by atoms with van der Waals surface area (Å²) in [5.74, 6) is 0.865. The van der Waals surface area contributed by atoms with E-state index in [-0.39, 0.29) is 0 Å². The van der Waals surface area contributed by atoms with Crippen LogP contribution in [-0.4, -0.2) is 6.54 Å². The van der Waals surface area contributed by atoms with Crippen LogP contribution < -0.4 is 5.32 Å². The molecule has 0 aliphatic heterocycles. The summed E-state index contributed by atoms with van der Waals surface area (Å²) in [5.41, 5.74) is 1.77. The normalized spacial score (nSPS) is 14.9. The standard InChI is InChI=1S/C11H11BrN2/c12-11-5-10(4-3-9(11)6-13)14-7-8-1-2-8/h3-5,8,14H,1-2,7H2. The predicted molar refractivity (Wildman–Crippen MR) is 60.1 cm³/mol. The van der Waals surface area contributed by atoms with E-state index in [4.69, 9.17) is 5.26 Å².